The van der Waals surface area contributed by atoms with Gasteiger partial charge in [-0.25, -0.2) is 0 Å². The fraction of sp³-hybridized carbons (Fsp3) is 0.296. The Hall–Kier alpha value is -3.75. The van der Waals surface area contributed by atoms with E-state index in [2.05, 4.69) is 0 Å². The van der Waals surface area contributed by atoms with E-state index in [1.165, 1.54) is 26.4 Å². The van der Waals surface area contributed by atoms with Crippen molar-refractivity contribution in [3.63, 3.8) is 0 Å². The molecule has 8 heteroatoms. The van der Waals surface area contributed by atoms with E-state index in [9.17, 15) is 15.0 Å². The van der Waals surface area contributed by atoms with Crippen LogP contribution in [0.15, 0.2) is 66.7 Å². The summed E-state index contributed by atoms with van der Waals surface area (Å²) in [5.74, 6) is -1.60. The predicted molar refractivity (Wildman–Crippen MR) is 126 cm³/mol. The van der Waals surface area contributed by atoms with Crippen molar-refractivity contribution in [2.45, 2.75) is 23.2 Å². The highest BCUT2D eigenvalue weighted by molar-refractivity contribution is 5.78. The third kappa shape index (κ3) is 2.96. The number of benzene rings is 3. The molecule has 1 aliphatic heterocycles. The smallest absolute Gasteiger partial charge is 0.312 e. The molecule has 0 unspecified atom stereocenters. The Morgan fingerprint density at radius 1 is 1.00 bits per heavy atom. The number of ether oxygens (including phenoxy) is 4. The van der Waals surface area contributed by atoms with E-state index in [0.717, 1.165) is 0 Å². The normalized spacial score (nSPS) is 28.5. The zero-order chi connectivity index (χ0) is 25.0. The average Bonchev–Trinajstić information content (AvgIpc) is 3.26. The molecule has 3 aromatic rings. The second-order valence-electron chi connectivity index (χ2n) is 8.77. The van der Waals surface area contributed by atoms with Gasteiger partial charge in [-0.1, -0.05) is 42.5 Å². The number of carbonyl (C=O) groups excluding carboxylic acids is 1. The molecule has 0 spiro atoms. The molecule has 1 saturated carbocycles. The second-order valence-corrected chi connectivity index (χ2v) is 8.77. The average molecular weight is 480 g/mol. The van der Waals surface area contributed by atoms with Gasteiger partial charge in [-0.2, -0.15) is 0 Å². The first kappa shape index (κ1) is 23.0. The van der Waals surface area contributed by atoms with E-state index in [1.807, 2.05) is 30.3 Å². The highest BCUT2D eigenvalue weighted by Gasteiger charge is 2.78. The van der Waals surface area contributed by atoms with Gasteiger partial charge in [0.25, 0.3) is 5.75 Å². The van der Waals surface area contributed by atoms with Crippen molar-refractivity contribution < 1.29 is 39.1 Å². The first-order valence-corrected chi connectivity index (χ1v) is 11.1. The third-order valence-corrected chi connectivity index (χ3v) is 7.22. The molecule has 1 aliphatic carbocycles. The minimum Gasteiger partial charge on any atom is -0.593 e. The van der Waals surface area contributed by atoms with Crippen LogP contribution in [0.4, 0.5) is 0 Å². The number of fused-ring (bicyclic) bond motifs is 3. The standard InChI is InChI=1S/C27H26O8/c1-32-18-11-9-16(10-12-18)27-22(15-7-5-4-6-8-15)21(25(30)34-3)24(29)26(27,31)23-19(33-2)13-17(28)14-20(23)35-27/h4-14,21-22,24,28-29,31H,1-3H3/p+1/t21-,22-,24-,26+,27+/m1/s1. The van der Waals surface area contributed by atoms with Crippen LogP contribution in [0.3, 0.4) is 0 Å². The molecule has 1 heterocycles. The number of aliphatic hydroxyl groups is 2. The summed E-state index contributed by atoms with van der Waals surface area (Å²) in [5.41, 5.74) is -2.39. The molecule has 5 rings (SSSR count). The molecule has 4 N–H and O–H groups in total. The molecule has 0 aromatic heterocycles. The van der Waals surface area contributed by atoms with Crippen molar-refractivity contribution in [3.05, 3.63) is 83.4 Å². The lowest BCUT2D eigenvalue weighted by molar-refractivity contribution is -0.161. The zero-order valence-corrected chi connectivity index (χ0v) is 19.5. The maximum Gasteiger partial charge on any atom is 0.312 e. The third-order valence-electron chi connectivity index (χ3n) is 7.22. The van der Waals surface area contributed by atoms with Crippen LogP contribution in [0, 0.1) is 5.92 Å². The van der Waals surface area contributed by atoms with E-state index < -0.39 is 35.1 Å². The predicted octanol–water partition coefficient (Wildman–Crippen LogP) is 2.56. The summed E-state index contributed by atoms with van der Waals surface area (Å²) in [4.78, 5) is 13.1. The van der Waals surface area contributed by atoms with Gasteiger partial charge in [0.05, 0.1) is 44.9 Å². The molecule has 1 fully saturated rings. The van der Waals surface area contributed by atoms with Gasteiger partial charge < -0.3 is 34.3 Å². The van der Waals surface area contributed by atoms with E-state index in [0.29, 0.717) is 16.9 Å². The van der Waals surface area contributed by atoms with Crippen molar-refractivity contribution in [1.82, 2.24) is 0 Å². The second kappa shape index (κ2) is 8.18. The zero-order valence-electron chi connectivity index (χ0n) is 19.5. The Morgan fingerprint density at radius 2 is 1.69 bits per heavy atom. The van der Waals surface area contributed by atoms with Crippen LogP contribution < -0.4 is 14.2 Å². The van der Waals surface area contributed by atoms with Crippen LogP contribution in [-0.4, -0.2) is 48.7 Å². The van der Waals surface area contributed by atoms with Gasteiger partial charge in [0.2, 0.25) is 0 Å². The van der Waals surface area contributed by atoms with Crippen LogP contribution in [0.2, 0.25) is 0 Å². The van der Waals surface area contributed by atoms with Crippen LogP contribution >= 0.6 is 0 Å². The largest absolute Gasteiger partial charge is 0.593 e. The Bertz CT molecular complexity index is 1260. The topological polar surface area (TPSA) is 117 Å². The van der Waals surface area contributed by atoms with Gasteiger partial charge in [-0.15, -0.1) is 0 Å². The van der Waals surface area contributed by atoms with Crippen molar-refractivity contribution in [2.75, 3.05) is 21.3 Å². The fourth-order valence-electron chi connectivity index (χ4n) is 5.81. The van der Waals surface area contributed by atoms with Crippen LogP contribution in [-0.2, 0) is 20.7 Å². The van der Waals surface area contributed by atoms with Gasteiger partial charge in [0.1, 0.15) is 23.4 Å². The van der Waals surface area contributed by atoms with Gasteiger partial charge in [-0.3, -0.25) is 4.79 Å². The highest BCUT2D eigenvalue weighted by atomic mass is 16.5. The maximum absolute atomic E-state index is 13.1. The summed E-state index contributed by atoms with van der Waals surface area (Å²) in [6, 6.07) is 19.0. The number of esters is 1. The van der Waals surface area contributed by atoms with Gasteiger partial charge in [-0.05, 0) is 23.3 Å². The van der Waals surface area contributed by atoms with Crippen LogP contribution in [0.25, 0.3) is 0 Å². The Balaban J connectivity index is 1.88. The number of rotatable bonds is 5. The lowest BCUT2D eigenvalue weighted by atomic mass is 9.70. The monoisotopic (exact) mass is 479 g/mol. The lowest BCUT2D eigenvalue weighted by Gasteiger charge is -2.40. The molecule has 0 bridgehead atoms. The molecule has 0 saturated heterocycles. The molecule has 5 atom stereocenters. The minimum atomic E-state index is -2.12. The molecule has 0 radical (unpaired) electrons. The molecule has 35 heavy (non-hydrogen) atoms. The molecule has 2 aliphatic rings. The van der Waals surface area contributed by atoms with E-state index in [4.69, 9.17) is 24.1 Å². The lowest BCUT2D eigenvalue weighted by Crippen LogP contribution is -2.52. The molecule has 0 amide bonds. The van der Waals surface area contributed by atoms with Gasteiger partial charge >= 0.3 is 5.97 Å². The minimum absolute atomic E-state index is 0.115. The van der Waals surface area contributed by atoms with Crippen LogP contribution in [0.5, 0.6) is 23.0 Å². The summed E-state index contributed by atoms with van der Waals surface area (Å²) in [7, 11) is 4.21. The number of aliphatic hydroxyl groups excluding tert-OH is 1. The Kier molecular flexibility index (Phi) is 5.38. The molecule has 8 nitrogen and oxygen atoms in total. The first-order valence-electron chi connectivity index (χ1n) is 11.1. The first-order chi connectivity index (χ1) is 16.8. The Labute approximate surface area is 202 Å². The van der Waals surface area contributed by atoms with Crippen molar-refractivity contribution >= 4 is 5.97 Å². The summed E-state index contributed by atoms with van der Waals surface area (Å²) in [5, 5.41) is 32.5. The summed E-state index contributed by atoms with van der Waals surface area (Å²) < 4.78 is 22.6. The van der Waals surface area contributed by atoms with E-state index in [-0.39, 0.29) is 22.8 Å². The van der Waals surface area contributed by atoms with Gasteiger partial charge in [0, 0.05) is 5.92 Å². The SMILES string of the molecule is COC(=O)[C@H]1[C@@H](O)[C@@]2(O)c3c(OC)cc([OH2+])cc3O[C@@]2(c2ccc(OC)cc2)[C@@H]1c1ccccc1. The number of methoxy groups -OCH3 is 3. The van der Waals surface area contributed by atoms with E-state index >= 15 is 0 Å². The molecular formula is C27H27O8+. The summed E-state index contributed by atoms with van der Waals surface area (Å²) >= 11 is 0. The number of hydrogen-bond acceptors (Lipinski definition) is 7. The summed E-state index contributed by atoms with van der Waals surface area (Å²) in [6.07, 6.45) is -1.62. The van der Waals surface area contributed by atoms with Crippen molar-refractivity contribution in [3.8, 4) is 23.0 Å². The van der Waals surface area contributed by atoms with E-state index in [1.54, 1.807) is 31.4 Å². The molecule has 3 aromatic carbocycles. The highest BCUT2D eigenvalue weighted by Crippen LogP contribution is 2.70. The number of carbonyl (C=O) groups is 1. The van der Waals surface area contributed by atoms with Crippen molar-refractivity contribution in [1.29, 1.82) is 0 Å². The van der Waals surface area contributed by atoms with Crippen molar-refractivity contribution in [2.24, 2.45) is 5.92 Å². The quantitative estimate of drug-likeness (QED) is 0.427. The summed E-state index contributed by atoms with van der Waals surface area (Å²) in [6.45, 7) is 0. The maximum atomic E-state index is 13.1. The fourth-order valence-corrected chi connectivity index (χ4v) is 5.81. The van der Waals surface area contributed by atoms with Crippen LogP contribution in [0.1, 0.15) is 22.6 Å². The molecular weight excluding hydrogens is 452 g/mol. The Morgan fingerprint density at radius 3 is 2.29 bits per heavy atom. The number of hydrogen-bond donors (Lipinski definition) is 2. The molecule has 182 valence electrons. The van der Waals surface area contributed by atoms with Gasteiger partial charge in [0.15, 0.2) is 11.2 Å².